The Morgan fingerprint density at radius 1 is 1.26 bits per heavy atom. The first-order chi connectivity index (χ1) is 13.1. The molecule has 4 rings (SSSR count). The highest BCUT2D eigenvalue weighted by Gasteiger charge is 2.48. The van der Waals surface area contributed by atoms with E-state index in [4.69, 9.17) is 4.74 Å². The number of carbonyl (C=O) groups excluding carboxylic acids is 1. The predicted octanol–water partition coefficient (Wildman–Crippen LogP) is 3.84. The van der Waals surface area contributed by atoms with Gasteiger partial charge in [-0.2, -0.15) is 0 Å². The summed E-state index contributed by atoms with van der Waals surface area (Å²) in [7, 11) is 1.62. The molecule has 4 atom stereocenters. The Hall–Kier alpha value is -1.62. The van der Waals surface area contributed by atoms with Crippen molar-refractivity contribution >= 4 is 5.91 Å². The molecule has 5 heteroatoms. The van der Waals surface area contributed by atoms with Crippen molar-refractivity contribution < 1.29 is 13.9 Å². The Kier molecular flexibility index (Phi) is 5.40. The lowest BCUT2D eigenvalue weighted by atomic mass is 9.71. The zero-order valence-corrected chi connectivity index (χ0v) is 16.5. The Bertz CT molecular complexity index is 695. The van der Waals surface area contributed by atoms with Crippen LogP contribution in [0.5, 0.6) is 5.75 Å². The third-order valence-corrected chi connectivity index (χ3v) is 6.80. The third-order valence-electron chi connectivity index (χ3n) is 6.80. The number of benzene rings is 1. The van der Waals surface area contributed by atoms with Gasteiger partial charge in [-0.15, -0.1) is 0 Å². The first-order valence-corrected chi connectivity index (χ1v) is 10.5. The number of methoxy groups -OCH3 is 1. The number of fused-ring (bicyclic) bond motifs is 4. The van der Waals surface area contributed by atoms with Gasteiger partial charge in [0.15, 0.2) is 0 Å². The molecule has 3 heterocycles. The fraction of sp³-hybridized carbons (Fsp3) is 0.682. The maximum atomic E-state index is 14.3. The summed E-state index contributed by atoms with van der Waals surface area (Å²) in [5.41, 5.74) is 0.706. The van der Waals surface area contributed by atoms with Crippen LogP contribution in [0.4, 0.5) is 4.39 Å². The highest BCUT2D eigenvalue weighted by Crippen LogP contribution is 2.43. The highest BCUT2D eigenvalue weighted by molar-refractivity contribution is 5.78. The zero-order valence-electron chi connectivity index (χ0n) is 16.5. The lowest BCUT2D eigenvalue weighted by molar-refractivity contribution is -0.153. The van der Waals surface area contributed by atoms with Crippen molar-refractivity contribution in [2.75, 3.05) is 20.2 Å². The van der Waals surface area contributed by atoms with E-state index < -0.39 is 0 Å². The van der Waals surface area contributed by atoms with Crippen LogP contribution in [0.25, 0.3) is 0 Å². The molecule has 0 aliphatic carbocycles. The largest absolute Gasteiger partial charge is 0.497 e. The number of carbonyl (C=O) groups is 1. The molecule has 3 aliphatic heterocycles. The first-order valence-electron chi connectivity index (χ1n) is 10.5. The van der Waals surface area contributed by atoms with E-state index >= 15 is 0 Å². The topological polar surface area (TPSA) is 32.8 Å². The molecule has 2 bridgehead atoms. The molecule has 0 aromatic heterocycles. The number of nitrogens with zero attached hydrogens (tertiary/aromatic N) is 2. The van der Waals surface area contributed by atoms with Gasteiger partial charge in [0.2, 0.25) is 5.91 Å². The van der Waals surface area contributed by atoms with Crippen molar-refractivity contribution in [1.29, 1.82) is 0 Å². The molecule has 0 unspecified atom stereocenters. The summed E-state index contributed by atoms with van der Waals surface area (Å²) in [5, 5.41) is 0. The second-order valence-corrected chi connectivity index (χ2v) is 8.52. The van der Waals surface area contributed by atoms with E-state index in [2.05, 4.69) is 16.7 Å². The fourth-order valence-electron chi connectivity index (χ4n) is 5.71. The number of amides is 1. The Morgan fingerprint density at radius 2 is 2.07 bits per heavy atom. The van der Waals surface area contributed by atoms with Crippen LogP contribution in [-0.2, 0) is 11.3 Å². The van der Waals surface area contributed by atoms with Gasteiger partial charge < -0.3 is 9.64 Å². The zero-order chi connectivity index (χ0) is 19.0. The first kappa shape index (κ1) is 18.7. The van der Waals surface area contributed by atoms with E-state index in [0.29, 0.717) is 47.7 Å². The third kappa shape index (κ3) is 3.58. The minimum atomic E-state index is -0.161. The summed E-state index contributed by atoms with van der Waals surface area (Å²) in [6.07, 6.45) is 6.27. The molecule has 1 amide bonds. The number of hydrogen-bond donors (Lipinski definition) is 0. The van der Waals surface area contributed by atoms with E-state index in [1.807, 2.05) is 6.07 Å². The molecule has 1 aromatic carbocycles. The summed E-state index contributed by atoms with van der Waals surface area (Å²) in [4.78, 5) is 17.4. The maximum absolute atomic E-state index is 14.3. The van der Waals surface area contributed by atoms with Gasteiger partial charge in [-0.3, -0.25) is 9.69 Å². The van der Waals surface area contributed by atoms with Crippen LogP contribution >= 0.6 is 0 Å². The Balaban J connectivity index is 1.55. The SMILES string of the molecule is CCC[C@H]1[C@H]2C[C@H](CN(Cc3cc(OC)ccc3F)C2)[C@@H]2CCCC(=O)N21. The van der Waals surface area contributed by atoms with Gasteiger partial charge in [0.25, 0.3) is 0 Å². The number of halogens is 1. The second-order valence-electron chi connectivity index (χ2n) is 8.52. The number of likely N-dealkylation sites (tertiary alicyclic amines) is 1. The van der Waals surface area contributed by atoms with Gasteiger partial charge in [-0.25, -0.2) is 4.39 Å². The van der Waals surface area contributed by atoms with Crippen molar-refractivity contribution in [3.63, 3.8) is 0 Å². The molecule has 0 N–H and O–H groups in total. The van der Waals surface area contributed by atoms with Crippen LogP contribution in [0.3, 0.4) is 0 Å². The summed E-state index contributed by atoms with van der Waals surface area (Å²) >= 11 is 0. The normalized spacial score (nSPS) is 30.9. The van der Waals surface area contributed by atoms with Gasteiger partial charge in [0, 0.05) is 43.7 Å². The van der Waals surface area contributed by atoms with Crippen LogP contribution in [0.2, 0.25) is 0 Å². The van der Waals surface area contributed by atoms with Crippen LogP contribution in [0, 0.1) is 17.7 Å². The van der Waals surface area contributed by atoms with Gasteiger partial charge in [0.05, 0.1) is 7.11 Å². The summed E-state index contributed by atoms with van der Waals surface area (Å²) in [6, 6.07) is 5.74. The van der Waals surface area contributed by atoms with E-state index in [1.54, 1.807) is 13.2 Å². The quantitative estimate of drug-likeness (QED) is 0.785. The van der Waals surface area contributed by atoms with Crippen molar-refractivity contribution in [1.82, 2.24) is 9.80 Å². The molecule has 27 heavy (non-hydrogen) atoms. The molecule has 4 nitrogen and oxygen atoms in total. The molecule has 1 aromatic rings. The second kappa shape index (κ2) is 7.78. The highest BCUT2D eigenvalue weighted by atomic mass is 19.1. The maximum Gasteiger partial charge on any atom is 0.223 e. The summed E-state index contributed by atoms with van der Waals surface area (Å²) in [6.45, 7) is 4.74. The molecule has 0 radical (unpaired) electrons. The lowest BCUT2D eigenvalue weighted by Crippen LogP contribution is -2.64. The van der Waals surface area contributed by atoms with Crippen molar-refractivity contribution in [2.24, 2.45) is 11.8 Å². The molecular weight excluding hydrogens is 343 g/mol. The van der Waals surface area contributed by atoms with Gasteiger partial charge in [-0.1, -0.05) is 13.3 Å². The van der Waals surface area contributed by atoms with Crippen LogP contribution in [0.1, 0.15) is 51.0 Å². The number of rotatable bonds is 5. The van der Waals surface area contributed by atoms with E-state index in [-0.39, 0.29) is 5.82 Å². The minimum absolute atomic E-state index is 0.161. The molecule has 0 saturated carbocycles. The molecule has 3 saturated heterocycles. The number of piperidine rings is 3. The van der Waals surface area contributed by atoms with Gasteiger partial charge in [0.1, 0.15) is 11.6 Å². The van der Waals surface area contributed by atoms with E-state index in [1.165, 1.54) is 12.5 Å². The van der Waals surface area contributed by atoms with Gasteiger partial charge in [-0.05, 0) is 55.7 Å². The van der Waals surface area contributed by atoms with E-state index in [9.17, 15) is 9.18 Å². The molecule has 0 spiro atoms. The van der Waals surface area contributed by atoms with Crippen LogP contribution in [0.15, 0.2) is 18.2 Å². The standard InChI is InChI=1S/C22H31FN2O2/c1-3-5-20-16-10-17(21-6-4-7-22(26)25(20)21)14-24(13-16)12-15-11-18(27-2)8-9-19(15)23/h8-9,11,16-17,20-21H,3-7,10,12-14H2,1-2H3/t16-,17+,20-,21-/m0/s1. The van der Waals surface area contributed by atoms with Gasteiger partial charge >= 0.3 is 0 Å². The average molecular weight is 375 g/mol. The average Bonchev–Trinajstić information content (AvgIpc) is 2.67. The van der Waals surface area contributed by atoms with Crippen LogP contribution in [-0.4, -0.2) is 48.0 Å². The summed E-state index contributed by atoms with van der Waals surface area (Å²) in [5.74, 6) is 1.94. The van der Waals surface area contributed by atoms with Crippen molar-refractivity contribution in [2.45, 2.75) is 64.1 Å². The summed E-state index contributed by atoms with van der Waals surface area (Å²) < 4.78 is 19.6. The van der Waals surface area contributed by atoms with Crippen LogP contribution < -0.4 is 4.74 Å². The molecular formula is C22H31FN2O2. The van der Waals surface area contributed by atoms with E-state index in [0.717, 1.165) is 45.2 Å². The Morgan fingerprint density at radius 3 is 2.85 bits per heavy atom. The molecule has 148 valence electrons. The Labute approximate surface area is 161 Å². The molecule has 3 fully saturated rings. The van der Waals surface area contributed by atoms with Crippen molar-refractivity contribution in [3.8, 4) is 5.75 Å². The monoisotopic (exact) mass is 374 g/mol. The smallest absolute Gasteiger partial charge is 0.223 e. The molecule has 3 aliphatic rings. The number of hydrogen-bond acceptors (Lipinski definition) is 3. The fourth-order valence-corrected chi connectivity index (χ4v) is 5.71. The van der Waals surface area contributed by atoms with Crippen molar-refractivity contribution in [3.05, 3.63) is 29.6 Å². The predicted molar refractivity (Wildman–Crippen MR) is 103 cm³/mol. The minimum Gasteiger partial charge on any atom is -0.497 e. The lowest BCUT2D eigenvalue weighted by Gasteiger charge is -2.57. The number of ether oxygens (including phenoxy) is 1.